The normalized spacial score (nSPS) is 23.6. The van der Waals surface area contributed by atoms with Gasteiger partial charge in [0.1, 0.15) is 5.52 Å². The van der Waals surface area contributed by atoms with Crippen LogP contribution < -0.4 is 0 Å². The highest BCUT2D eigenvalue weighted by atomic mass is 16.4. The van der Waals surface area contributed by atoms with E-state index in [-0.39, 0.29) is 0 Å². The average molecular weight is 258 g/mol. The fourth-order valence-electron chi connectivity index (χ4n) is 3.20. The summed E-state index contributed by atoms with van der Waals surface area (Å²) in [6.45, 7) is 2.27. The number of aromatic nitrogens is 2. The molecule has 1 N–H and O–H groups in total. The van der Waals surface area contributed by atoms with Crippen molar-refractivity contribution in [2.45, 2.75) is 38.6 Å². The fourth-order valence-corrected chi connectivity index (χ4v) is 3.20. The Labute approximate surface area is 112 Å². The molecule has 0 spiro atoms. The zero-order chi connectivity index (χ0) is 13.4. The maximum Gasteiger partial charge on any atom is 0.337 e. The number of carboxylic acids is 1. The van der Waals surface area contributed by atoms with Crippen LogP contribution in [-0.4, -0.2) is 20.6 Å². The summed E-state index contributed by atoms with van der Waals surface area (Å²) >= 11 is 0. The van der Waals surface area contributed by atoms with Crippen LogP contribution in [0, 0.1) is 5.92 Å². The first kappa shape index (κ1) is 12.2. The Morgan fingerprint density at radius 1 is 1.37 bits per heavy atom. The molecule has 1 aliphatic rings. The van der Waals surface area contributed by atoms with Crippen molar-refractivity contribution in [3.63, 3.8) is 0 Å². The molecule has 2 atom stereocenters. The molecule has 0 radical (unpaired) electrons. The summed E-state index contributed by atoms with van der Waals surface area (Å²) in [6, 6.07) is 5.84. The predicted molar refractivity (Wildman–Crippen MR) is 73.4 cm³/mol. The molecule has 1 aromatic heterocycles. The lowest BCUT2D eigenvalue weighted by molar-refractivity contribution is 0.0699. The predicted octanol–water partition coefficient (Wildman–Crippen LogP) is 3.49. The lowest BCUT2D eigenvalue weighted by Gasteiger charge is -2.30. The van der Waals surface area contributed by atoms with Gasteiger partial charge in [-0.3, -0.25) is 0 Å². The van der Waals surface area contributed by atoms with Gasteiger partial charge >= 0.3 is 5.97 Å². The molecular weight excluding hydrogens is 240 g/mol. The Balaban J connectivity index is 2.10. The number of aromatic carboxylic acids is 1. The van der Waals surface area contributed by atoms with Crippen LogP contribution in [0.5, 0.6) is 0 Å². The molecule has 1 fully saturated rings. The number of hydrogen-bond donors (Lipinski definition) is 1. The van der Waals surface area contributed by atoms with Crippen LogP contribution in [0.2, 0.25) is 0 Å². The summed E-state index contributed by atoms with van der Waals surface area (Å²) in [6.07, 6.45) is 6.74. The highest BCUT2D eigenvalue weighted by Crippen LogP contribution is 2.35. The first-order valence-corrected chi connectivity index (χ1v) is 6.87. The lowest BCUT2D eigenvalue weighted by Crippen LogP contribution is -2.20. The van der Waals surface area contributed by atoms with Crippen molar-refractivity contribution in [2.24, 2.45) is 5.92 Å². The van der Waals surface area contributed by atoms with Crippen LogP contribution in [0.15, 0.2) is 24.5 Å². The first-order chi connectivity index (χ1) is 9.18. The summed E-state index contributed by atoms with van der Waals surface area (Å²) in [7, 11) is 0. The average Bonchev–Trinajstić information content (AvgIpc) is 2.82. The minimum atomic E-state index is -0.910. The van der Waals surface area contributed by atoms with E-state index in [2.05, 4.69) is 16.5 Å². The van der Waals surface area contributed by atoms with Gasteiger partial charge in [-0.1, -0.05) is 25.8 Å². The van der Waals surface area contributed by atoms with Crippen molar-refractivity contribution in [2.75, 3.05) is 0 Å². The van der Waals surface area contributed by atoms with Crippen LogP contribution in [-0.2, 0) is 0 Å². The van der Waals surface area contributed by atoms with E-state index in [1.165, 1.54) is 19.3 Å². The molecule has 1 aliphatic carbocycles. The van der Waals surface area contributed by atoms with Crippen LogP contribution >= 0.6 is 0 Å². The highest BCUT2D eigenvalue weighted by Gasteiger charge is 2.24. The SMILES string of the molecule is CC1CCCCC1n1cnc2c(C(=O)O)cccc21. The highest BCUT2D eigenvalue weighted by molar-refractivity contribution is 6.00. The van der Waals surface area contributed by atoms with Crippen molar-refractivity contribution in [3.8, 4) is 0 Å². The molecule has 2 unspecified atom stereocenters. The van der Waals surface area contributed by atoms with Crippen LogP contribution in [0.4, 0.5) is 0 Å². The number of benzene rings is 1. The number of carboxylic acid groups (broad SMARTS) is 1. The van der Waals surface area contributed by atoms with Gasteiger partial charge in [-0.15, -0.1) is 0 Å². The summed E-state index contributed by atoms with van der Waals surface area (Å²) in [5.74, 6) is -0.285. The molecule has 1 saturated carbocycles. The van der Waals surface area contributed by atoms with Gasteiger partial charge in [-0.05, 0) is 30.9 Å². The van der Waals surface area contributed by atoms with E-state index in [9.17, 15) is 9.90 Å². The van der Waals surface area contributed by atoms with E-state index in [1.807, 2.05) is 12.4 Å². The van der Waals surface area contributed by atoms with E-state index < -0.39 is 5.97 Å². The third-order valence-corrected chi connectivity index (χ3v) is 4.26. The molecule has 0 aliphatic heterocycles. The molecule has 1 heterocycles. The molecule has 0 bridgehead atoms. The standard InChI is InChI=1S/C15H18N2O2/c1-10-5-2-3-7-12(10)17-9-16-14-11(15(18)19)6-4-8-13(14)17/h4,6,8-10,12H,2-3,5,7H2,1H3,(H,18,19). The third kappa shape index (κ3) is 2.01. The zero-order valence-electron chi connectivity index (χ0n) is 11.0. The first-order valence-electron chi connectivity index (χ1n) is 6.87. The van der Waals surface area contributed by atoms with Gasteiger partial charge in [-0.2, -0.15) is 0 Å². The van der Waals surface area contributed by atoms with E-state index >= 15 is 0 Å². The summed E-state index contributed by atoms with van der Waals surface area (Å²) in [5.41, 5.74) is 1.84. The van der Waals surface area contributed by atoms with Gasteiger partial charge in [0, 0.05) is 6.04 Å². The summed E-state index contributed by atoms with van der Waals surface area (Å²) < 4.78 is 2.17. The fraction of sp³-hybridized carbons (Fsp3) is 0.467. The Hall–Kier alpha value is -1.84. The van der Waals surface area contributed by atoms with Crippen molar-refractivity contribution in [1.82, 2.24) is 9.55 Å². The van der Waals surface area contributed by atoms with Crippen LogP contribution in [0.1, 0.15) is 49.0 Å². The van der Waals surface area contributed by atoms with Gasteiger partial charge in [0.05, 0.1) is 17.4 Å². The maximum atomic E-state index is 11.2. The molecular formula is C15H18N2O2. The summed E-state index contributed by atoms with van der Waals surface area (Å²) in [4.78, 5) is 15.5. The van der Waals surface area contributed by atoms with Crippen molar-refractivity contribution in [3.05, 3.63) is 30.1 Å². The monoisotopic (exact) mass is 258 g/mol. The number of rotatable bonds is 2. The number of imidazole rings is 1. The lowest BCUT2D eigenvalue weighted by atomic mass is 9.85. The molecule has 0 saturated heterocycles. The molecule has 3 rings (SSSR count). The Morgan fingerprint density at radius 3 is 2.89 bits per heavy atom. The number of nitrogens with zero attached hydrogens (tertiary/aromatic N) is 2. The van der Waals surface area contributed by atoms with Crippen LogP contribution in [0.25, 0.3) is 11.0 Å². The van der Waals surface area contributed by atoms with E-state index in [0.717, 1.165) is 11.9 Å². The van der Waals surface area contributed by atoms with E-state index in [1.54, 1.807) is 12.1 Å². The molecule has 19 heavy (non-hydrogen) atoms. The van der Waals surface area contributed by atoms with Gasteiger partial charge in [0.2, 0.25) is 0 Å². The van der Waals surface area contributed by atoms with Crippen LogP contribution in [0.3, 0.4) is 0 Å². The second kappa shape index (κ2) is 4.68. The third-order valence-electron chi connectivity index (χ3n) is 4.26. The van der Waals surface area contributed by atoms with Gasteiger partial charge in [0.25, 0.3) is 0 Å². The quantitative estimate of drug-likeness (QED) is 0.897. The van der Waals surface area contributed by atoms with Gasteiger partial charge < -0.3 is 9.67 Å². The Kier molecular flexibility index (Phi) is 3.01. The second-order valence-corrected chi connectivity index (χ2v) is 5.46. The van der Waals surface area contributed by atoms with E-state index in [4.69, 9.17) is 0 Å². The molecule has 0 amide bonds. The number of para-hydroxylation sites is 1. The number of fused-ring (bicyclic) bond motifs is 1. The number of hydrogen-bond acceptors (Lipinski definition) is 2. The molecule has 1 aromatic carbocycles. The minimum Gasteiger partial charge on any atom is -0.478 e. The molecule has 4 heteroatoms. The van der Waals surface area contributed by atoms with E-state index in [0.29, 0.717) is 23.0 Å². The molecule has 100 valence electrons. The minimum absolute atomic E-state index is 0.291. The van der Waals surface area contributed by atoms with Gasteiger partial charge in [-0.25, -0.2) is 9.78 Å². The topological polar surface area (TPSA) is 55.1 Å². The Bertz CT molecular complexity index is 618. The second-order valence-electron chi connectivity index (χ2n) is 5.46. The molecule has 4 nitrogen and oxygen atoms in total. The largest absolute Gasteiger partial charge is 0.478 e. The van der Waals surface area contributed by atoms with Crippen molar-refractivity contribution in [1.29, 1.82) is 0 Å². The smallest absolute Gasteiger partial charge is 0.337 e. The number of carbonyl (C=O) groups is 1. The van der Waals surface area contributed by atoms with Crippen molar-refractivity contribution >= 4 is 17.0 Å². The maximum absolute atomic E-state index is 11.2. The summed E-state index contributed by atoms with van der Waals surface area (Å²) in [5, 5.41) is 9.21. The van der Waals surface area contributed by atoms with Crippen molar-refractivity contribution < 1.29 is 9.90 Å². The van der Waals surface area contributed by atoms with Gasteiger partial charge in [0.15, 0.2) is 0 Å². The Morgan fingerprint density at radius 2 is 2.16 bits per heavy atom. The zero-order valence-corrected chi connectivity index (χ0v) is 11.0. The molecule has 2 aromatic rings.